The molecule has 1 aliphatic heterocycles. The van der Waals surface area contributed by atoms with Crippen LogP contribution in [0.1, 0.15) is 107 Å². The average Bonchev–Trinajstić information content (AvgIpc) is 3.09. The van der Waals surface area contributed by atoms with Gasteiger partial charge in [0.1, 0.15) is 0 Å². The number of amides is 1. The van der Waals surface area contributed by atoms with Gasteiger partial charge in [0.05, 0.1) is 0 Å². The molecule has 1 heterocycles. The lowest BCUT2D eigenvalue weighted by Crippen LogP contribution is -2.33. The van der Waals surface area contributed by atoms with Crippen molar-refractivity contribution in [1.82, 2.24) is 4.90 Å². The third kappa shape index (κ3) is 7.13. The first-order valence-electron chi connectivity index (χ1n) is 11.1. The van der Waals surface area contributed by atoms with E-state index in [4.69, 9.17) is 0 Å². The van der Waals surface area contributed by atoms with E-state index in [-0.39, 0.29) is 5.91 Å². The summed E-state index contributed by atoms with van der Waals surface area (Å²) in [4.78, 5) is 14.6. The lowest BCUT2D eigenvalue weighted by molar-refractivity contribution is 0.0747. The van der Waals surface area contributed by atoms with Gasteiger partial charge in [-0.1, -0.05) is 76.8 Å². The fourth-order valence-corrected chi connectivity index (χ4v) is 4.03. The van der Waals surface area contributed by atoms with Crippen LogP contribution in [0, 0.1) is 0 Å². The van der Waals surface area contributed by atoms with Gasteiger partial charge >= 0.3 is 0 Å². The molecule has 0 aliphatic carbocycles. The van der Waals surface area contributed by atoms with Crippen molar-refractivity contribution in [2.24, 2.45) is 0 Å². The van der Waals surface area contributed by atoms with Crippen LogP contribution in [0.5, 0.6) is 0 Å². The largest absolute Gasteiger partial charge is 0.336 e. The van der Waals surface area contributed by atoms with Gasteiger partial charge in [-0.15, -0.1) is 0 Å². The van der Waals surface area contributed by atoms with E-state index in [2.05, 4.69) is 26.0 Å². The molecule has 1 aromatic carbocycles. The Hall–Kier alpha value is -1.31. The van der Waals surface area contributed by atoms with E-state index in [9.17, 15) is 4.79 Å². The number of hydrogen-bond donors (Lipinski definition) is 0. The summed E-state index contributed by atoms with van der Waals surface area (Å²) in [5.41, 5.74) is 2.22. The molecule has 26 heavy (non-hydrogen) atoms. The Morgan fingerprint density at radius 1 is 0.923 bits per heavy atom. The third-order valence-electron chi connectivity index (χ3n) is 5.83. The highest BCUT2D eigenvalue weighted by Gasteiger charge is 2.25. The first-order valence-corrected chi connectivity index (χ1v) is 11.1. The van der Waals surface area contributed by atoms with E-state index >= 15 is 0 Å². The van der Waals surface area contributed by atoms with Crippen molar-refractivity contribution in [3.8, 4) is 0 Å². The summed E-state index contributed by atoms with van der Waals surface area (Å²) >= 11 is 0. The Morgan fingerprint density at radius 3 is 2.04 bits per heavy atom. The monoisotopic (exact) mass is 357 g/mol. The molecule has 0 spiro atoms. The molecule has 0 aromatic heterocycles. The number of carbonyl (C=O) groups excluding carboxylic acids is 1. The quantitative estimate of drug-likeness (QED) is 0.378. The van der Waals surface area contributed by atoms with E-state index in [1.54, 1.807) is 0 Å². The van der Waals surface area contributed by atoms with Crippen molar-refractivity contribution < 1.29 is 4.79 Å². The van der Waals surface area contributed by atoms with Crippen LogP contribution < -0.4 is 0 Å². The van der Waals surface area contributed by atoms with Crippen LogP contribution >= 0.6 is 0 Å². The molecule has 2 heteroatoms. The summed E-state index contributed by atoms with van der Waals surface area (Å²) in [5, 5.41) is 0. The second kappa shape index (κ2) is 12.1. The average molecular weight is 358 g/mol. The van der Waals surface area contributed by atoms with Crippen molar-refractivity contribution >= 4 is 5.91 Å². The maximum absolute atomic E-state index is 12.5. The molecule has 1 aromatic rings. The SMILES string of the molecule is CCCCCCCCCCCCc1ccc(C(=O)N2CCC[C@H]2C)cc1. The standard InChI is InChI=1S/C24H39NO/c1-3-4-5-6-7-8-9-10-11-12-15-22-16-18-23(19-17-22)24(26)25-20-13-14-21(25)2/h16-19,21H,3-15,20H2,1-2H3/t21-/m1/s1. The molecule has 1 atom stereocenters. The Labute approximate surface area is 161 Å². The number of aryl methyl sites for hydroxylation is 1. The van der Waals surface area contributed by atoms with Gasteiger partial charge in [-0.25, -0.2) is 0 Å². The molecule has 146 valence electrons. The number of carbonyl (C=O) groups is 1. The second-order valence-electron chi connectivity index (χ2n) is 8.12. The van der Waals surface area contributed by atoms with Crippen molar-refractivity contribution in [2.45, 2.75) is 103 Å². The van der Waals surface area contributed by atoms with E-state index in [1.165, 1.54) is 69.8 Å². The van der Waals surface area contributed by atoms with Gasteiger partial charge in [0.25, 0.3) is 5.91 Å². The van der Waals surface area contributed by atoms with Crippen molar-refractivity contribution in [2.75, 3.05) is 6.54 Å². The number of rotatable bonds is 12. The molecule has 1 saturated heterocycles. The molecule has 0 bridgehead atoms. The Balaban J connectivity index is 1.57. The van der Waals surface area contributed by atoms with Crippen LogP contribution in [-0.4, -0.2) is 23.4 Å². The Morgan fingerprint density at radius 2 is 1.50 bits per heavy atom. The molecule has 1 aliphatic rings. The van der Waals surface area contributed by atoms with Gasteiger partial charge in [0, 0.05) is 18.2 Å². The number of benzene rings is 1. The Kier molecular flexibility index (Phi) is 9.81. The van der Waals surface area contributed by atoms with Crippen LogP contribution in [-0.2, 0) is 6.42 Å². The molecule has 1 amide bonds. The highest BCUT2D eigenvalue weighted by Crippen LogP contribution is 2.20. The van der Waals surface area contributed by atoms with Crippen molar-refractivity contribution in [3.63, 3.8) is 0 Å². The summed E-state index contributed by atoms with van der Waals surface area (Å²) in [6, 6.07) is 8.76. The van der Waals surface area contributed by atoms with Crippen molar-refractivity contribution in [1.29, 1.82) is 0 Å². The van der Waals surface area contributed by atoms with Gasteiger partial charge in [0.15, 0.2) is 0 Å². The van der Waals surface area contributed by atoms with E-state index in [0.29, 0.717) is 6.04 Å². The normalized spacial score (nSPS) is 17.0. The molecule has 2 nitrogen and oxygen atoms in total. The van der Waals surface area contributed by atoms with E-state index < -0.39 is 0 Å². The summed E-state index contributed by atoms with van der Waals surface area (Å²) in [6.45, 7) is 5.35. The summed E-state index contributed by atoms with van der Waals surface area (Å²) in [7, 11) is 0. The maximum Gasteiger partial charge on any atom is 0.254 e. The summed E-state index contributed by atoms with van der Waals surface area (Å²) in [5.74, 6) is 0.209. The van der Waals surface area contributed by atoms with E-state index in [1.807, 2.05) is 17.0 Å². The van der Waals surface area contributed by atoms with E-state index in [0.717, 1.165) is 31.4 Å². The maximum atomic E-state index is 12.5. The van der Waals surface area contributed by atoms with Crippen molar-refractivity contribution in [3.05, 3.63) is 35.4 Å². The molecule has 2 rings (SSSR count). The molecular formula is C24H39NO. The zero-order valence-electron chi connectivity index (χ0n) is 17.1. The zero-order valence-corrected chi connectivity index (χ0v) is 17.1. The first-order chi connectivity index (χ1) is 12.7. The lowest BCUT2D eigenvalue weighted by Gasteiger charge is -2.21. The lowest BCUT2D eigenvalue weighted by atomic mass is 10.0. The molecule has 0 saturated carbocycles. The predicted octanol–water partition coefficient (Wildman–Crippen LogP) is 6.77. The minimum atomic E-state index is 0.209. The number of unbranched alkanes of at least 4 members (excludes halogenated alkanes) is 9. The molecule has 1 fully saturated rings. The summed E-state index contributed by atoms with van der Waals surface area (Å²) < 4.78 is 0. The third-order valence-corrected chi connectivity index (χ3v) is 5.83. The number of hydrogen-bond acceptors (Lipinski definition) is 1. The van der Waals surface area contributed by atoms with Crippen LogP contribution in [0.3, 0.4) is 0 Å². The highest BCUT2D eigenvalue weighted by molar-refractivity contribution is 5.94. The predicted molar refractivity (Wildman–Crippen MR) is 112 cm³/mol. The second-order valence-corrected chi connectivity index (χ2v) is 8.12. The molecule has 0 N–H and O–H groups in total. The number of likely N-dealkylation sites (tertiary alicyclic amines) is 1. The van der Waals surface area contributed by atoms with Gasteiger partial charge in [0.2, 0.25) is 0 Å². The minimum Gasteiger partial charge on any atom is -0.336 e. The first kappa shape index (κ1) is 21.0. The smallest absolute Gasteiger partial charge is 0.254 e. The Bertz CT molecular complexity index is 507. The number of nitrogens with zero attached hydrogens (tertiary/aromatic N) is 1. The van der Waals surface area contributed by atoms with Gasteiger partial charge in [-0.05, 0) is 50.3 Å². The zero-order chi connectivity index (χ0) is 18.6. The van der Waals surface area contributed by atoms with Crippen LogP contribution in [0.25, 0.3) is 0 Å². The van der Waals surface area contributed by atoms with Crippen LogP contribution in [0.4, 0.5) is 0 Å². The van der Waals surface area contributed by atoms with Gasteiger partial charge < -0.3 is 4.90 Å². The molecule has 0 unspecified atom stereocenters. The summed E-state index contributed by atoms with van der Waals surface area (Å²) in [6.07, 6.45) is 17.2. The van der Waals surface area contributed by atoms with Crippen LogP contribution in [0.2, 0.25) is 0 Å². The van der Waals surface area contributed by atoms with Crippen LogP contribution in [0.15, 0.2) is 24.3 Å². The minimum absolute atomic E-state index is 0.209. The topological polar surface area (TPSA) is 20.3 Å². The van der Waals surface area contributed by atoms with Gasteiger partial charge in [-0.3, -0.25) is 4.79 Å². The van der Waals surface area contributed by atoms with Gasteiger partial charge in [-0.2, -0.15) is 0 Å². The molecular weight excluding hydrogens is 318 g/mol. The fraction of sp³-hybridized carbons (Fsp3) is 0.708. The molecule has 0 radical (unpaired) electrons. The highest BCUT2D eigenvalue weighted by atomic mass is 16.2. The fourth-order valence-electron chi connectivity index (χ4n) is 4.03.